The number of carbonyl (C=O) groups excluding carboxylic acids is 1. The summed E-state index contributed by atoms with van der Waals surface area (Å²) in [6.45, 7) is 8.99. The number of likely N-dealkylation sites (tertiary alicyclic amines) is 1. The highest BCUT2D eigenvalue weighted by Crippen LogP contribution is 2.42. The Morgan fingerprint density at radius 1 is 1.24 bits per heavy atom. The largest absolute Gasteiger partial charge is 0.463 e. The number of hydrogen-bond acceptors (Lipinski definition) is 9. The number of fused-ring (bicyclic) bond motifs is 3. The minimum atomic E-state index is -0.452. The molecule has 46 heavy (non-hydrogen) atoms. The molecule has 7 rings (SSSR count). The number of carbonyl (C=O) groups is 1. The Labute approximate surface area is 272 Å². The highest BCUT2D eigenvalue weighted by atomic mass is 35.5. The minimum Gasteiger partial charge on any atom is -0.463 e. The van der Waals surface area contributed by atoms with E-state index in [2.05, 4.69) is 34.4 Å². The van der Waals surface area contributed by atoms with Crippen molar-refractivity contribution in [3.63, 3.8) is 0 Å². The number of piperazine rings is 1. The van der Waals surface area contributed by atoms with Crippen LogP contribution in [0.1, 0.15) is 24.1 Å². The Morgan fingerprint density at radius 2 is 2.11 bits per heavy atom. The fraction of sp³-hybridized carbons (Fsp3) is 0.471. The van der Waals surface area contributed by atoms with Crippen LogP contribution in [0.5, 0.6) is 6.01 Å². The molecule has 2 unspecified atom stereocenters. The minimum absolute atomic E-state index is 0.107. The van der Waals surface area contributed by atoms with Crippen molar-refractivity contribution in [2.75, 3.05) is 69.4 Å². The van der Waals surface area contributed by atoms with Gasteiger partial charge < -0.3 is 29.1 Å². The number of amides is 1. The van der Waals surface area contributed by atoms with Crippen molar-refractivity contribution >= 4 is 39.8 Å². The van der Waals surface area contributed by atoms with Crippen LogP contribution in [-0.4, -0.2) is 97.4 Å². The van der Waals surface area contributed by atoms with Gasteiger partial charge in [-0.15, -0.1) is 0 Å². The van der Waals surface area contributed by atoms with E-state index in [9.17, 15) is 14.4 Å². The zero-order valence-electron chi connectivity index (χ0n) is 25.9. The molecule has 240 valence electrons. The van der Waals surface area contributed by atoms with Crippen LogP contribution in [0.4, 0.5) is 15.9 Å². The smallest absolute Gasteiger partial charge is 0.318 e. The average molecular weight is 646 g/mol. The summed E-state index contributed by atoms with van der Waals surface area (Å²) in [7, 11) is 2.13. The third kappa shape index (κ3) is 5.32. The van der Waals surface area contributed by atoms with Gasteiger partial charge in [-0.05, 0) is 50.0 Å². The van der Waals surface area contributed by atoms with Gasteiger partial charge in [0.15, 0.2) is 0 Å². The maximum Gasteiger partial charge on any atom is 0.318 e. The molecule has 0 bridgehead atoms. The highest BCUT2D eigenvalue weighted by Gasteiger charge is 2.51. The van der Waals surface area contributed by atoms with Crippen LogP contribution in [0.15, 0.2) is 43.0 Å². The number of ether oxygens (including phenoxy) is 2. The molecule has 0 N–H and O–H groups in total. The zero-order chi connectivity index (χ0) is 32.0. The van der Waals surface area contributed by atoms with Gasteiger partial charge in [0.25, 0.3) is 0 Å². The Hall–Kier alpha value is -3.98. The maximum atomic E-state index is 14.6. The summed E-state index contributed by atoms with van der Waals surface area (Å²) in [5, 5.41) is 11.2. The number of aromatic nitrogens is 2. The normalized spacial score (nSPS) is 24.5. The molecule has 3 saturated heterocycles. The maximum absolute atomic E-state index is 14.6. The Bertz CT molecular complexity index is 1730. The van der Waals surface area contributed by atoms with E-state index in [1.165, 1.54) is 12.1 Å². The molecular formula is C34H37ClFN7O3. The van der Waals surface area contributed by atoms with E-state index in [-0.39, 0.29) is 28.8 Å². The van der Waals surface area contributed by atoms with Crippen molar-refractivity contribution in [1.82, 2.24) is 19.8 Å². The second-order valence-electron chi connectivity index (χ2n) is 12.8. The van der Waals surface area contributed by atoms with E-state index in [0.717, 1.165) is 41.1 Å². The van der Waals surface area contributed by atoms with Crippen molar-refractivity contribution in [2.24, 2.45) is 5.41 Å². The lowest BCUT2D eigenvalue weighted by molar-refractivity contribution is -0.128. The molecule has 12 heteroatoms. The van der Waals surface area contributed by atoms with Gasteiger partial charge in [-0.1, -0.05) is 36.4 Å². The molecule has 1 amide bonds. The van der Waals surface area contributed by atoms with E-state index in [0.29, 0.717) is 76.4 Å². The Morgan fingerprint density at radius 3 is 2.93 bits per heavy atom. The van der Waals surface area contributed by atoms with Crippen molar-refractivity contribution in [3.8, 4) is 12.1 Å². The molecule has 4 aliphatic rings. The van der Waals surface area contributed by atoms with Crippen LogP contribution < -0.4 is 14.5 Å². The summed E-state index contributed by atoms with van der Waals surface area (Å²) in [5.74, 6) is 0.144. The number of halogens is 2. The van der Waals surface area contributed by atoms with Crippen molar-refractivity contribution in [3.05, 3.63) is 65.1 Å². The van der Waals surface area contributed by atoms with Gasteiger partial charge in [-0.3, -0.25) is 4.79 Å². The van der Waals surface area contributed by atoms with Crippen molar-refractivity contribution < 1.29 is 18.7 Å². The fourth-order valence-corrected chi connectivity index (χ4v) is 7.93. The summed E-state index contributed by atoms with van der Waals surface area (Å²) in [6, 6.07) is 11.5. The third-order valence-corrected chi connectivity index (χ3v) is 10.6. The molecule has 0 aliphatic carbocycles. The van der Waals surface area contributed by atoms with Crippen LogP contribution in [0.3, 0.4) is 0 Å². The summed E-state index contributed by atoms with van der Waals surface area (Å²) in [4.78, 5) is 31.0. The lowest BCUT2D eigenvalue weighted by atomic mass is 9.84. The molecule has 5 heterocycles. The second kappa shape index (κ2) is 12.3. The predicted octanol–water partition coefficient (Wildman–Crippen LogP) is 4.20. The van der Waals surface area contributed by atoms with E-state index in [1.807, 2.05) is 18.2 Å². The number of nitriles is 1. The molecule has 3 aromatic rings. The summed E-state index contributed by atoms with van der Waals surface area (Å²) >= 11 is 6.52. The van der Waals surface area contributed by atoms with Crippen LogP contribution >= 0.6 is 11.6 Å². The van der Waals surface area contributed by atoms with E-state index < -0.39 is 5.82 Å². The first kappa shape index (κ1) is 30.7. The molecule has 3 fully saturated rings. The SMILES string of the molecule is C=CC(=O)N1CCN(c2nc(OCC34CCN(C)C3COC4)nc3c2CCN(c2cccc4ccc(F)c(Cl)c24)C3)C[C@@H]1CC#N. The number of nitrogens with zero attached hydrogens (tertiary/aromatic N) is 7. The van der Waals surface area contributed by atoms with Gasteiger partial charge in [0, 0.05) is 54.3 Å². The topological polar surface area (TPSA) is 98.1 Å². The molecule has 4 aliphatic heterocycles. The van der Waals surface area contributed by atoms with Gasteiger partial charge in [0.1, 0.15) is 18.2 Å². The lowest BCUT2D eigenvalue weighted by Crippen LogP contribution is -2.55. The molecule has 3 atom stereocenters. The van der Waals surface area contributed by atoms with Gasteiger partial charge in [-0.2, -0.15) is 15.2 Å². The van der Waals surface area contributed by atoms with Gasteiger partial charge >= 0.3 is 6.01 Å². The second-order valence-corrected chi connectivity index (χ2v) is 13.2. The van der Waals surface area contributed by atoms with Crippen LogP contribution in [0.25, 0.3) is 10.8 Å². The number of hydrogen-bond donors (Lipinski definition) is 0. The van der Waals surface area contributed by atoms with Crippen LogP contribution in [0.2, 0.25) is 5.02 Å². The van der Waals surface area contributed by atoms with Gasteiger partial charge in [-0.25, -0.2) is 4.39 Å². The van der Waals surface area contributed by atoms with Crippen molar-refractivity contribution in [1.29, 1.82) is 5.26 Å². The van der Waals surface area contributed by atoms with Crippen LogP contribution in [-0.2, 0) is 22.5 Å². The molecule has 10 nitrogen and oxygen atoms in total. The molecule has 0 radical (unpaired) electrons. The molecular weight excluding hydrogens is 609 g/mol. The Kier molecular flexibility index (Phi) is 8.21. The molecule has 2 aromatic carbocycles. The van der Waals surface area contributed by atoms with Crippen molar-refractivity contribution in [2.45, 2.75) is 37.9 Å². The van der Waals surface area contributed by atoms with E-state index >= 15 is 0 Å². The highest BCUT2D eigenvalue weighted by molar-refractivity contribution is 6.36. The first-order valence-corrected chi connectivity index (χ1v) is 16.2. The first-order chi connectivity index (χ1) is 22.3. The van der Waals surface area contributed by atoms with Gasteiger partial charge in [0.2, 0.25) is 5.91 Å². The quantitative estimate of drug-likeness (QED) is 0.350. The van der Waals surface area contributed by atoms with Crippen LogP contribution in [0, 0.1) is 22.6 Å². The summed E-state index contributed by atoms with van der Waals surface area (Å²) < 4.78 is 27.0. The number of benzene rings is 2. The summed E-state index contributed by atoms with van der Waals surface area (Å²) in [5.41, 5.74) is 2.58. The third-order valence-electron chi connectivity index (χ3n) is 10.2. The standard InChI is InChI=1S/C34H37ClFN7O3/c1-3-29(44)43-16-15-42(17-23(43)9-12-37)32-24-10-13-41(27-6-4-5-22-7-8-25(36)31(35)30(22)27)18-26(24)38-33(39-32)46-21-34-11-14-40(2)28(34)19-45-20-34/h3-8,23,28H,1,9-11,13-21H2,2H3/t23-,28?,34?/m0/s1. The van der Waals surface area contributed by atoms with E-state index in [1.54, 1.807) is 11.0 Å². The molecule has 0 saturated carbocycles. The predicted molar refractivity (Wildman–Crippen MR) is 174 cm³/mol. The number of rotatable bonds is 7. The lowest BCUT2D eigenvalue weighted by Gasteiger charge is -2.42. The Balaban J connectivity index is 1.24. The zero-order valence-corrected chi connectivity index (χ0v) is 26.7. The monoisotopic (exact) mass is 645 g/mol. The fourth-order valence-electron chi connectivity index (χ4n) is 7.66. The molecule has 0 spiro atoms. The molecule has 1 aromatic heterocycles. The van der Waals surface area contributed by atoms with Gasteiger partial charge in [0.05, 0.1) is 49.0 Å². The van der Waals surface area contributed by atoms with E-state index in [4.69, 9.17) is 31.0 Å². The number of anilines is 2. The number of likely N-dealkylation sites (N-methyl/N-ethyl adjacent to an activating group) is 1. The average Bonchev–Trinajstić information content (AvgIpc) is 3.64. The first-order valence-electron chi connectivity index (χ1n) is 15.8. The summed E-state index contributed by atoms with van der Waals surface area (Å²) in [6.07, 6.45) is 3.13.